The number of ketones is 1. The minimum atomic E-state index is -9.80. The number of Topliss-reactive ketones (excluding diaryl/α,β-unsaturated/α-hetero) is 1. The summed E-state index contributed by atoms with van der Waals surface area (Å²) in [6.45, 7) is 0.976. The zero-order valence-corrected chi connectivity index (χ0v) is 12.7. The first-order valence-corrected chi connectivity index (χ1v) is 7.47. The zero-order valence-electron chi connectivity index (χ0n) is 11.8. The number of hydrogen-bond donors (Lipinski definition) is 1. The molecule has 0 heterocycles. The average molecular weight is 390 g/mol. The maximum Gasteiger partial charge on any atom is 0.490 e. The predicted octanol–water partition coefficient (Wildman–Crippen LogP) is 5.19. The molecule has 1 aromatic carbocycles. The van der Waals surface area contributed by atoms with E-state index in [1.165, 1.54) is 0 Å². The average Bonchev–Trinajstić information content (AvgIpc) is 2.35. The summed E-state index contributed by atoms with van der Waals surface area (Å²) in [7, 11) is -8.78. The van der Waals surface area contributed by atoms with E-state index in [4.69, 9.17) is 9.90 Å². The van der Waals surface area contributed by atoms with Crippen LogP contribution in [0.2, 0.25) is 0 Å². The third kappa shape index (κ3) is 7.02. The van der Waals surface area contributed by atoms with E-state index in [1.54, 1.807) is 0 Å². The number of benzene rings is 1. The number of carboxylic acids is 1. The van der Waals surface area contributed by atoms with Crippen molar-refractivity contribution in [3.8, 4) is 5.75 Å². The van der Waals surface area contributed by atoms with Gasteiger partial charge in [-0.25, -0.2) is 4.79 Å². The summed E-state index contributed by atoms with van der Waals surface area (Å²) in [5.74, 6) is -3.96. The van der Waals surface area contributed by atoms with Gasteiger partial charge in [0.2, 0.25) is 0 Å². The lowest BCUT2D eigenvalue weighted by molar-refractivity contribution is -0.192. The molecule has 1 aromatic rings. The summed E-state index contributed by atoms with van der Waals surface area (Å²) in [6.07, 6.45) is -5.08. The molecule has 4 nitrogen and oxygen atoms in total. The van der Waals surface area contributed by atoms with Gasteiger partial charge in [-0.05, 0) is 19.1 Å². The van der Waals surface area contributed by atoms with Crippen LogP contribution in [0.15, 0.2) is 23.1 Å². The van der Waals surface area contributed by atoms with Crippen LogP contribution in [0, 0.1) is 0 Å². The fraction of sp³-hybridized carbons (Fsp3) is 0.273. The molecule has 0 saturated heterocycles. The first-order chi connectivity index (χ1) is 10.3. The smallest absolute Gasteiger partial charge is 0.490 e. The van der Waals surface area contributed by atoms with Gasteiger partial charge in [0, 0.05) is 11.6 Å². The van der Waals surface area contributed by atoms with Gasteiger partial charge in [0.25, 0.3) is 0 Å². The molecule has 0 aromatic heterocycles. The largest absolute Gasteiger partial charge is 0.497 e. The normalized spacial score (nSPS) is 14.6. The van der Waals surface area contributed by atoms with Gasteiger partial charge in [-0.1, -0.05) is 19.4 Å². The quantitative estimate of drug-likeness (QED) is 0.570. The lowest BCUT2D eigenvalue weighted by Gasteiger charge is -2.40. The molecule has 0 fully saturated rings. The summed E-state index contributed by atoms with van der Waals surface area (Å²) in [5, 5.41) is 7.12. The molecule has 0 bridgehead atoms. The Morgan fingerprint density at radius 2 is 1.46 bits per heavy atom. The molecule has 0 aliphatic heterocycles. The van der Waals surface area contributed by atoms with E-state index in [0.717, 1.165) is 20.1 Å². The maximum absolute atomic E-state index is 12.5. The van der Waals surface area contributed by atoms with Gasteiger partial charge < -0.3 is 9.84 Å². The Labute approximate surface area is 129 Å². The number of methoxy groups -OCH3 is 1. The predicted molar refractivity (Wildman–Crippen MR) is 68.1 cm³/mol. The van der Waals surface area contributed by atoms with E-state index in [2.05, 4.69) is 4.74 Å². The van der Waals surface area contributed by atoms with Crippen LogP contribution in [0.3, 0.4) is 0 Å². The standard InChI is InChI=1S/C9H9F5O2S.C2HF3O2/c1-6(15)7-3-8(16-2)5-9(4-7)17(10,11,12,13)14;3-2(4,5)1(6)7/h3-5H,1-2H3;(H,6,7). The number of ether oxygens (including phenoxy) is 1. The first kappa shape index (κ1) is 21.9. The summed E-state index contributed by atoms with van der Waals surface area (Å²) >= 11 is 0. The van der Waals surface area contributed by atoms with Crippen LogP contribution >= 0.6 is 10.2 Å². The Kier molecular flexibility index (Phi) is 5.30. The fourth-order valence-electron chi connectivity index (χ4n) is 1.12. The van der Waals surface area contributed by atoms with Crippen molar-refractivity contribution in [2.75, 3.05) is 7.11 Å². The molecule has 0 spiro atoms. The highest BCUT2D eigenvalue weighted by molar-refractivity contribution is 8.45. The summed E-state index contributed by atoms with van der Waals surface area (Å²) in [6, 6.07) is 1.27. The number of alkyl halides is 3. The molecule has 0 saturated carbocycles. The molecule has 0 radical (unpaired) electrons. The van der Waals surface area contributed by atoms with Gasteiger partial charge in [-0.3, -0.25) is 4.79 Å². The molecule has 24 heavy (non-hydrogen) atoms. The third-order valence-corrected chi connectivity index (χ3v) is 3.34. The van der Waals surface area contributed by atoms with E-state index in [9.17, 15) is 37.4 Å². The molecule has 0 aliphatic rings. The lowest BCUT2D eigenvalue weighted by atomic mass is 10.1. The van der Waals surface area contributed by atoms with E-state index >= 15 is 0 Å². The Bertz CT molecular complexity index is 650. The van der Waals surface area contributed by atoms with Crippen LogP contribution in [-0.4, -0.2) is 30.1 Å². The highest BCUT2D eigenvalue weighted by atomic mass is 32.5. The number of halogens is 8. The van der Waals surface area contributed by atoms with Crippen molar-refractivity contribution in [1.82, 2.24) is 0 Å². The fourth-order valence-corrected chi connectivity index (χ4v) is 1.80. The summed E-state index contributed by atoms with van der Waals surface area (Å²) in [5.41, 5.74) is -0.479. The Hall–Kier alpha value is -2.05. The van der Waals surface area contributed by atoms with Crippen molar-refractivity contribution in [3.05, 3.63) is 23.8 Å². The van der Waals surface area contributed by atoms with Crippen molar-refractivity contribution < 1.29 is 52.0 Å². The lowest BCUT2D eigenvalue weighted by Crippen LogP contribution is -2.21. The van der Waals surface area contributed by atoms with E-state index < -0.39 is 44.4 Å². The van der Waals surface area contributed by atoms with E-state index in [-0.39, 0.29) is 12.1 Å². The van der Waals surface area contributed by atoms with Gasteiger partial charge in [-0.15, -0.1) is 0 Å². The van der Waals surface area contributed by atoms with Crippen molar-refractivity contribution in [2.24, 2.45) is 0 Å². The third-order valence-electron chi connectivity index (χ3n) is 2.21. The van der Waals surface area contributed by atoms with Gasteiger partial charge >= 0.3 is 22.4 Å². The van der Waals surface area contributed by atoms with Crippen molar-refractivity contribution in [2.45, 2.75) is 18.0 Å². The number of rotatable bonds is 3. The number of carbonyl (C=O) groups excluding carboxylic acids is 1. The van der Waals surface area contributed by atoms with Crippen LogP contribution in [0.4, 0.5) is 32.6 Å². The minimum Gasteiger partial charge on any atom is -0.497 e. The van der Waals surface area contributed by atoms with Gasteiger partial charge in [0.15, 0.2) is 5.78 Å². The molecule has 0 amide bonds. The number of carbonyl (C=O) groups is 2. The van der Waals surface area contributed by atoms with Crippen LogP contribution in [0.25, 0.3) is 0 Å². The van der Waals surface area contributed by atoms with Crippen molar-refractivity contribution >= 4 is 22.0 Å². The Morgan fingerprint density at radius 3 is 1.71 bits per heavy atom. The van der Waals surface area contributed by atoms with Gasteiger partial charge in [0.05, 0.1) is 7.11 Å². The molecule has 13 heteroatoms. The molecule has 0 unspecified atom stereocenters. The van der Waals surface area contributed by atoms with Crippen LogP contribution in [0.5, 0.6) is 5.75 Å². The van der Waals surface area contributed by atoms with Gasteiger partial charge in [-0.2, -0.15) is 13.2 Å². The van der Waals surface area contributed by atoms with E-state index in [1.807, 2.05) is 0 Å². The topological polar surface area (TPSA) is 63.6 Å². The van der Waals surface area contributed by atoms with Crippen LogP contribution in [0.1, 0.15) is 17.3 Å². The van der Waals surface area contributed by atoms with Crippen LogP contribution in [-0.2, 0) is 4.79 Å². The van der Waals surface area contributed by atoms with Crippen LogP contribution < -0.4 is 4.74 Å². The summed E-state index contributed by atoms with van der Waals surface area (Å²) in [4.78, 5) is 17.7. The summed E-state index contributed by atoms with van der Waals surface area (Å²) < 4.78 is 98.9. The van der Waals surface area contributed by atoms with E-state index in [0.29, 0.717) is 0 Å². The second-order valence-electron chi connectivity index (χ2n) is 4.23. The second-order valence-corrected chi connectivity index (χ2v) is 6.63. The second kappa shape index (κ2) is 5.79. The van der Waals surface area contributed by atoms with Crippen molar-refractivity contribution in [3.63, 3.8) is 0 Å². The highest BCUT2D eigenvalue weighted by Gasteiger charge is 2.65. The number of aliphatic carboxylic acids is 1. The van der Waals surface area contributed by atoms with Gasteiger partial charge in [0.1, 0.15) is 10.6 Å². The van der Waals surface area contributed by atoms with Crippen molar-refractivity contribution in [1.29, 1.82) is 0 Å². The minimum absolute atomic E-state index is 0.131. The molecular weight excluding hydrogens is 380 g/mol. The molecule has 1 N–H and O–H groups in total. The molecule has 1 rings (SSSR count). The molecule has 140 valence electrons. The molecular formula is C11H10F8O4S. The maximum atomic E-state index is 12.5. The number of carboxylic acid groups (broad SMARTS) is 1. The Morgan fingerprint density at radius 1 is 1.04 bits per heavy atom. The molecule has 0 atom stereocenters. The SMILES string of the molecule is COc1cc(C(C)=O)cc(S(F)(F)(F)(F)F)c1.O=C(O)C(F)(F)F. The highest BCUT2D eigenvalue weighted by Crippen LogP contribution is 3.02. The molecule has 0 aliphatic carbocycles. The Balaban J connectivity index is 0.000000640. The zero-order chi connectivity index (χ0) is 19.6. The monoisotopic (exact) mass is 390 g/mol. The number of hydrogen-bond acceptors (Lipinski definition) is 3. The first-order valence-electron chi connectivity index (χ1n) is 5.52.